The van der Waals surface area contributed by atoms with Crippen molar-refractivity contribution in [2.45, 2.75) is 38.6 Å². The maximum atomic E-state index is 12.2. The lowest BCUT2D eigenvalue weighted by Crippen LogP contribution is -2.58. The summed E-state index contributed by atoms with van der Waals surface area (Å²) < 4.78 is 0. The molecule has 92 valence electrons. The zero-order valence-electron chi connectivity index (χ0n) is 10.5. The topological polar surface area (TPSA) is 55.1 Å². The molecule has 0 heterocycles. The number of amides is 1. The van der Waals surface area contributed by atoms with Gasteiger partial charge in [-0.3, -0.25) is 4.79 Å². The Hall–Kier alpha value is -1.35. The van der Waals surface area contributed by atoms with E-state index >= 15 is 0 Å². The molecule has 1 aromatic carbocycles. The Morgan fingerprint density at radius 1 is 1.41 bits per heavy atom. The van der Waals surface area contributed by atoms with Crippen LogP contribution in [0.2, 0.25) is 0 Å². The van der Waals surface area contributed by atoms with Gasteiger partial charge in [0.1, 0.15) is 0 Å². The molecule has 3 heteroatoms. The zero-order chi connectivity index (χ0) is 12.5. The molecule has 0 spiro atoms. The molecule has 2 rings (SSSR count). The summed E-state index contributed by atoms with van der Waals surface area (Å²) >= 11 is 0. The van der Waals surface area contributed by atoms with Gasteiger partial charge in [0.25, 0.3) is 5.91 Å². The van der Waals surface area contributed by atoms with E-state index in [0.29, 0.717) is 6.54 Å². The van der Waals surface area contributed by atoms with Crippen LogP contribution in [0.1, 0.15) is 40.7 Å². The second-order valence-corrected chi connectivity index (χ2v) is 5.11. The predicted octanol–water partition coefficient (Wildman–Crippen LogP) is 1.91. The van der Waals surface area contributed by atoms with Crippen LogP contribution in [0, 0.1) is 13.8 Å². The molecule has 0 aliphatic heterocycles. The third-order valence-electron chi connectivity index (χ3n) is 3.71. The van der Waals surface area contributed by atoms with Crippen LogP contribution in [-0.4, -0.2) is 18.0 Å². The van der Waals surface area contributed by atoms with Crippen molar-refractivity contribution < 1.29 is 4.79 Å². The summed E-state index contributed by atoms with van der Waals surface area (Å²) in [6.45, 7) is 4.53. The van der Waals surface area contributed by atoms with E-state index in [2.05, 4.69) is 5.32 Å². The number of nitrogens with one attached hydrogen (secondary N) is 1. The van der Waals surface area contributed by atoms with Crippen LogP contribution in [-0.2, 0) is 0 Å². The molecule has 1 aliphatic carbocycles. The van der Waals surface area contributed by atoms with Crippen molar-refractivity contribution in [1.29, 1.82) is 0 Å². The summed E-state index contributed by atoms with van der Waals surface area (Å²) in [5.74, 6) is 0.00708. The monoisotopic (exact) mass is 232 g/mol. The third-order valence-corrected chi connectivity index (χ3v) is 3.71. The highest BCUT2D eigenvalue weighted by Crippen LogP contribution is 2.31. The Morgan fingerprint density at radius 3 is 2.59 bits per heavy atom. The van der Waals surface area contributed by atoms with Gasteiger partial charge in [0.15, 0.2) is 0 Å². The van der Waals surface area contributed by atoms with E-state index in [0.717, 1.165) is 30.4 Å². The molecule has 0 radical (unpaired) electrons. The molecule has 3 nitrogen and oxygen atoms in total. The lowest BCUT2D eigenvalue weighted by Gasteiger charge is -2.41. The Balaban J connectivity index is 2.14. The number of hydrogen-bond donors (Lipinski definition) is 2. The minimum Gasteiger partial charge on any atom is -0.345 e. The van der Waals surface area contributed by atoms with Gasteiger partial charge in [-0.1, -0.05) is 17.7 Å². The van der Waals surface area contributed by atoms with Gasteiger partial charge in [-0.2, -0.15) is 0 Å². The summed E-state index contributed by atoms with van der Waals surface area (Å²) in [7, 11) is 0. The standard InChI is InChI=1S/C14H20N2O/c1-10-4-5-12(11(2)8-10)13(17)16-14(9-15)6-3-7-14/h4-5,8H,3,6-7,9,15H2,1-2H3,(H,16,17). The van der Waals surface area contributed by atoms with Crippen molar-refractivity contribution in [3.05, 3.63) is 34.9 Å². The number of benzene rings is 1. The van der Waals surface area contributed by atoms with Crippen LogP contribution in [0.4, 0.5) is 0 Å². The fourth-order valence-electron chi connectivity index (χ4n) is 2.36. The molecule has 1 fully saturated rings. The van der Waals surface area contributed by atoms with Gasteiger partial charge in [-0.25, -0.2) is 0 Å². The number of rotatable bonds is 3. The van der Waals surface area contributed by atoms with Crippen molar-refractivity contribution >= 4 is 5.91 Å². The summed E-state index contributed by atoms with van der Waals surface area (Å²) in [6, 6.07) is 5.89. The highest BCUT2D eigenvalue weighted by atomic mass is 16.1. The number of carbonyl (C=O) groups is 1. The molecule has 0 bridgehead atoms. The van der Waals surface area contributed by atoms with Gasteiger partial charge >= 0.3 is 0 Å². The highest BCUT2D eigenvalue weighted by Gasteiger charge is 2.37. The Kier molecular flexibility index (Phi) is 3.20. The minimum absolute atomic E-state index is 0.00708. The fraction of sp³-hybridized carbons (Fsp3) is 0.500. The van der Waals surface area contributed by atoms with Crippen molar-refractivity contribution in [2.75, 3.05) is 6.54 Å². The molecular weight excluding hydrogens is 212 g/mol. The fourth-order valence-corrected chi connectivity index (χ4v) is 2.36. The Morgan fingerprint density at radius 2 is 2.12 bits per heavy atom. The largest absolute Gasteiger partial charge is 0.345 e. The van der Waals surface area contributed by atoms with Crippen LogP contribution >= 0.6 is 0 Å². The molecule has 1 amide bonds. The molecule has 0 saturated heterocycles. The summed E-state index contributed by atoms with van der Waals surface area (Å²) in [6.07, 6.45) is 3.16. The lowest BCUT2D eigenvalue weighted by molar-refractivity contribution is 0.0837. The Bertz CT molecular complexity index is 430. The first-order valence-electron chi connectivity index (χ1n) is 6.16. The first-order valence-corrected chi connectivity index (χ1v) is 6.16. The van der Waals surface area contributed by atoms with Crippen LogP contribution in [0.15, 0.2) is 18.2 Å². The van der Waals surface area contributed by atoms with Gasteiger partial charge in [0.2, 0.25) is 0 Å². The summed E-state index contributed by atoms with van der Waals surface area (Å²) in [4.78, 5) is 12.2. The first-order chi connectivity index (χ1) is 8.06. The van der Waals surface area contributed by atoms with Gasteiger partial charge in [0.05, 0.1) is 5.54 Å². The van der Waals surface area contributed by atoms with E-state index in [4.69, 9.17) is 5.73 Å². The van der Waals surface area contributed by atoms with E-state index in [1.165, 1.54) is 5.56 Å². The molecular formula is C14H20N2O. The molecule has 1 aliphatic rings. The van der Waals surface area contributed by atoms with Crippen LogP contribution < -0.4 is 11.1 Å². The third kappa shape index (κ3) is 2.34. The summed E-state index contributed by atoms with van der Waals surface area (Å²) in [5.41, 5.74) is 8.56. The molecule has 1 aromatic rings. The number of hydrogen-bond acceptors (Lipinski definition) is 2. The molecule has 0 aromatic heterocycles. The molecule has 1 saturated carbocycles. The Labute approximate surface area is 102 Å². The van der Waals surface area contributed by atoms with Crippen molar-refractivity contribution in [1.82, 2.24) is 5.32 Å². The van der Waals surface area contributed by atoms with Crippen molar-refractivity contribution in [3.8, 4) is 0 Å². The minimum atomic E-state index is -0.144. The van der Waals surface area contributed by atoms with Gasteiger partial charge in [0, 0.05) is 12.1 Å². The second-order valence-electron chi connectivity index (χ2n) is 5.11. The molecule has 0 unspecified atom stereocenters. The summed E-state index contributed by atoms with van der Waals surface area (Å²) in [5, 5.41) is 3.09. The number of carbonyl (C=O) groups excluding carboxylic acids is 1. The van der Waals surface area contributed by atoms with Gasteiger partial charge in [-0.15, -0.1) is 0 Å². The predicted molar refractivity (Wildman–Crippen MR) is 69.0 cm³/mol. The van der Waals surface area contributed by atoms with E-state index in [1.54, 1.807) is 0 Å². The number of nitrogens with two attached hydrogens (primary N) is 1. The van der Waals surface area contributed by atoms with Crippen LogP contribution in [0.5, 0.6) is 0 Å². The van der Waals surface area contributed by atoms with E-state index in [9.17, 15) is 4.79 Å². The van der Waals surface area contributed by atoms with E-state index < -0.39 is 0 Å². The smallest absolute Gasteiger partial charge is 0.252 e. The maximum absolute atomic E-state index is 12.2. The normalized spacial score (nSPS) is 17.4. The average Bonchev–Trinajstić information content (AvgIpc) is 2.23. The number of aryl methyl sites for hydroxylation is 2. The van der Waals surface area contributed by atoms with E-state index in [1.807, 2.05) is 32.0 Å². The van der Waals surface area contributed by atoms with Gasteiger partial charge in [-0.05, 0) is 44.7 Å². The van der Waals surface area contributed by atoms with E-state index in [-0.39, 0.29) is 11.4 Å². The van der Waals surface area contributed by atoms with Crippen molar-refractivity contribution in [2.24, 2.45) is 5.73 Å². The van der Waals surface area contributed by atoms with Crippen molar-refractivity contribution in [3.63, 3.8) is 0 Å². The first kappa shape index (κ1) is 12.1. The average molecular weight is 232 g/mol. The highest BCUT2D eigenvalue weighted by molar-refractivity contribution is 5.96. The lowest BCUT2D eigenvalue weighted by atomic mass is 9.76. The van der Waals surface area contributed by atoms with Gasteiger partial charge < -0.3 is 11.1 Å². The molecule has 17 heavy (non-hydrogen) atoms. The maximum Gasteiger partial charge on any atom is 0.252 e. The van der Waals surface area contributed by atoms with Crippen LogP contribution in [0.25, 0.3) is 0 Å². The molecule has 0 atom stereocenters. The zero-order valence-corrected chi connectivity index (χ0v) is 10.5. The quantitative estimate of drug-likeness (QED) is 0.836. The van der Waals surface area contributed by atoms with Crippen LogP contribution in [0.3, 0.4) is 0 Å². The molecule has 3 N–H and O–H groups in total. The SMILES string of the molecule is Cc1ccc(C(=O)NC2(CN)CCC2)c(C)c1. The second kappa shape index (κ2) is 4.49.